The molecule has 0 aliphatic carbocycles. The molecule has 0 aromatic heterocycles. The lowest BCUT2D eigenvalue weighted by Gasteiger charge is -2.30. The van der Waals surface area contributed by atoms with E-state index in [1.165, 1.54) is 0 Å². The normalized spacial score (nSPS) is 18.3. The molecule has 0 bridgehead atoms. The zero-order valence-corrected chi connectivity index (χ0v) is 19.0. The van der Waals surface area contributed by atoms with Crippen molar-refractivity contribution < 1.29 is 9.47 Å². The van der Waals surface area contributed by atoms with E-state index in [4.69, 9.17) is 14.5 Å². The van der Waals surface area contributed by atoms with Crippen molar-refractivity contribution in [2.24, 2.45) is 4.99 Å². The number of methoxy groups -OCH3 is 1. The minimum absolute atomic E-state index is 0.109. The first-order valence-corrected chi connectivity index (χ1v) is 10.9. The van der Waals surface area contributed by atoms with Crippen LogP contribution in [0.3, 0.4) is 0 Å². The third-order valence-corrected chi connectivity index (χ3v) is 5.87. The molecule has 3 aromatic rings. The number of ether oxygens (including phenoxy) is 2. The minimum Gasteiger partial charge on any atom is -0.497 e. The molecule has 1 heterocycles. The first-order chi connectivity index (χ1) is 14.6. The fourth-order valence-corrected chi connectivity index (χ4v) is 4.10. The van der Waals surface area contributed by atoms with E-state index < -0.39 is 0 Å². The Hall–Kier alpha value is -2.79. The molecule has 0 radical (unpaired) electrons. The van der Waals surface area contributed by atoms with Gasteiger partial charge in [0, 0.05) is 10.2 Å². The van der Waals surface area contributed by atoms with Crippen LogP contribution in [0.2, 0.25) is 0 Å². The van der Waals surface area contributed by atoms with Crippen LogP contribution in [0, 0.1) is 0 Å². The average Bonchev–Trinajstić information content (AvgIpc) is 3.12. The summed E-state index contributed by atoms with van der Waals surface area (Å²) in [5, 5.41) is 0. The number of hydrogen-bond acceptors (Lipinski definition) is 4. The second-order valence-corrected chi connectivity index (χ2v) is 8.09. The second kappa shape index (κ2) is 8.92. The molecule has 154 valence electrons. The van der Waals surface area contributed by atoms with Crippen molar-refractivity contribution >= 4 is 27.3 Å². The summed E-state index contributed by atoms with van der Waals surface area (Å²) in [6.45, 7) is 4.86. The van der Waals surface area contributed by atoms with Gasteiger partial charge < -0.3 is 14.4 Å². The van der Waals surface area contributed by atoms with Gasteiger partial charge in [0.1, 0.15) is 17.7 Å². The van der Waals surface area contributed by atoms with E-state index in [9.17, 15) is 0 Å². The van der Waals surface area contributed by atoms with Gasteiger partial charge in [0.25, 0.3) is 0 Å². The molecule has 0 fully saturated rings. The van der Waals surface area contributed by atoms with Gasteiger partial charge in [0.2, 0.25) is 0 Å². The van der Waals surface area contributed by atoms with Gasteiger partial charge in [-0.1, -0.05) is 40.2 Å². The Kier molecular flexibility index (Phi) is 6.09. The summed E-state index contributed by atoms with van der Waals surface area (Å²) in [5.74, 6) is 1.72. The van der Waals surface area contributed by atoms with Crippen LogP contribution in [0.5, 0.6) is 11.5 Å². The average molecular weight is 465 g/mol. The van der Waals surface area contributed by atoms with E-state index in [-0.39, 0.29) is 12.2 Å². The molecule has 0 N–H and O–H groups in total. The molecule has 2 atom stereocenters. The van der Waals surface area contributed by atoms with Gasteiger partial charge in [0.05, 0.1) is 25.5 Å². The van der Waals surface area contributed by atoms with Gasteiger partial charge in [-0.15, -0.1) is 0 Å². The van der Waals surface area contributed by atoms with E-state index in [1.807, 2.05) is 31.2 Å². The topological polar surface area (TPSA) is 34.1 Å². The number of halogens is 1. The highest BCUT2D eigenvalue weighted by molar-refractivity contribution is 9.10. The van der Waals surface area contributed by atoms with Gasteiger partial charge in [-0.25, -0.2) is 0 Å². The molecular formula is C25H25BrN2O2. The maximum atomic E-state index is 5.62. The van der Waals surface area contributed by atoms with Crippen LogP contribution in [0.25, 0.3) is 0 Å². The maximum absolute atomic E-state index is 5.62. The minimum atomic E-state index is -0.109. The highest BCUT2D eigenvalue weighted by Crippen LogP contribution is 2.38. The van der Waals surface area contributed by atoms with E-state index in [2.05, 4.69) is 76.3 Å². The predicted octanol–water partition coefficient (Wildman–Crippen LogP) is 6.25. The van der Waals surface area contributed by atoms with Gasteiger partial charge in [-0.3, -0.25) is 4.99 Å². The Morgan fingerprint density at radius 3 is 2.13 bits per heavy atom. The van der Waals surface area contributed by atoms with Gasteiger partial charge in [-0.05, 0) is 73.5 Å². The highest BCUT2D eigenvalue weighted by atomic mass is 79.9. The summed E-state index contributed by atoms with van der Waals surface area (Å²) < 4.78 is 12.0. The largest absolute Gasteiger partial charge is 0.497 e. The molecule has 4 nitrogen and oxygen atoms in total. The summed E-state index contributed by atoms with van der Waals surface area (Å²) in [6.07, 6.45) is -0.109. The maximum Gasteiger partial charge on any atom is 0.148 e. The molecule has 3 aromatic carbocycles. The Labute approximate surface area is 186 Å². The smallest absolute Gasteiger partial charge is 0.148 e. The zero-order chi connectivity index (χ0) is 21.1. The Morgan fingerprint density at radius 1 is 0.900 bits per heavy atom. The van der Waals surface area contributed by atoms with E-state index in [0.717, 1.165) is 38.5 Å². The summed E-state index contributed by atoms with van der Waals surface area (Å²) in [6, 6.07) is 24.9. The molecule has 0 spiro atoms. The first kappa shape index (κ1) is 20.5. The summed E-state index contributed by atoms with van der Waals surface area (Å²) in [7, 11) is 1.68. The van der Waals surface area contributed by atoms with Gasteiger partial charge in [-0.2, -0.15) is 0 Å². The third-order valence-electron chi connectivity index (χ3n) is 5.34. The lowest BCUT2D eigenvalue weighted by molar-refractivity contribution is 0.340. The lowest BCUT2D eigenvalue weighted by atomic mass is 10.0. The van der Waals surface area contributed by atoms with E-state index in [0.29, 0.717) is 6.61 Å². The van der Waals surface area contributed by atoms with Crippen molar-refractivity contribution in [2.45, 2.75) is 26.1 Å². The summed E-state index contributed by atoms with van der Waals surface area (Å²) >= 11 is 3.53. The molecule has 30 heavy (non-hydrogen) atoms. The van der Waals surface area contributed by atoms with Crippen LogP contribution in [0.4, 0.5) is 5.69 Å². The monoisotopic (exact) mass is 464 g/mol. The molecule has 1 aliphatic rings. The fraction of sp³-hybridized carbons (Fsp3) is 0.240. The first-order valence-electron chi connectivity index (χ1n) is 10.1. The van der Waals surface area contributed by atoms with Crippen LogP contribution >= 0.6 is 15.9 Å². The molecule has 2 unspecified atom stereocenters. The molecule has 1 aliphatic heterocycles. The second-order valence-electron chi connectivity index (χ2n) is 7.18. The Morgan fingerprint density at radius 2 is 1.53 bits per heavy atom. The van der Waals surface area contributed by atoms with Crippen LogP contribution < -0.4 is 14.4 Å². The van der Waals surface area contributed by atoms with Crippen molar-refractivity contribution in [1.82, 2.24) is 0 Å². The van der Waals surface area contributed by atoms with Crippen molar-refractivity contribution in [2.75, 3.05) is 18.6 Å². The van der Waals surface area contributed by atoms with E-state index in [1.54, 1.807) is 7.11 Å². The van der Waals surface area contributed by atoms with Crippen LogP contribution in [0.1, 0.15) is 31.1 Å². The number of anilines is 1. The third kappa shape index (κ3) is 4.08. The number of nitrogens with zero attached hydrogens (tertiary/aromatic N) is 2. The van der Waals surface area contributed by atoms with Crippen LogP contribution in [-0.4, -0.2) is 25.5 Å². The number of benzene rings is 3. The van der Waals surface area contributed by atoms with Crippen molar-refractivity contribution in [3.8, 4) is 11.5 Å². The van der Waals surface area contributed by atoms with Crippen molar-refractivity contribution in [3.05, 3.63) is 88.4 Å². The van der Waals surface area contributed by atoms with Crippen molar-refractivity contribution in [1.29, 1.82) is 0 Å². The van der Waals surface area contributed by atoms with Gasteiger partial charge >= 0.3 is 0 Å². The molecule has 0 saturated heterocycles. The molecule has 0 amide bonds. The van der Waals surface area contributed by atoms with Crippen molar-refractivity contribution in [3.63, 3.8) is 0 Å². The predicted molar refractivity (Wildman–Crippen MR) is 126 cm³/mol. The highest BCUT2D eigenvalue weighted by Gasteiger charge is 2.35. The molecule has 0 saturated carbocycles. The molecular weight excluding hydrogens is 440 g/mol. The standard InChI is InChI=1S/C25H25BrN2O2/c1-4-30-23-15-11-21(12-16-23)28-17(2)24(18-5-9-20(26)10-6-18)27-25(28)19-7-13-22(29-3)14-8-19/h5-17,25H,4H2,1-3H3. The van der Waals surface area contributed by atoms with E-state index >= 15 is 0 Å². The zero-order valence-electron chi connectivity index (χ0n) is 17.4. The summed E-state index contributed by atoms with van der Waals surface area (Å²) in [5.41, 5.74) is 4.46. The Bertz CT molecular complexity index is 1010. The van der Waals surface area contributed by atoms with Gasteiger partial charge in [0.15, 0.2) is 0 Å². The van der Waals surface area contributed by atoms with Crippen LogP contribution in [-0.2, 0) is 0 Å². The number of rotatable bonds is 6. The fourth-order valence-electron chi connectivity index (χ4n) is 3.84. The number of aliphatic imine (C=N–C) groups is 1. The lowest BCUT2D eigenvalue weighted by Crippen LogP contribution is -2.35. The SMILES string of the molecule is CCOc1ccc(N2C(C)C(c3ccc(Br)cc3)=NC2c2ccc(OC)cc2)cc1. The number of hydrogen-bond donors (Lipinski definition) is 0. The molecule has 5 heteroatoms. The Balaban J connectivity index is 1.74. The summed E-state index contributed by atoms with van der Waals surface area (Å²) in [4.78, 5) is 7.52. The molecule has 4 rings (SSSR count). The van der Waals surface area contributed by atoms with Crippen LogP contribution in [0.15, 0.2) is 82.3 Å². The quantitative estimate of drug-likeness (QED) is 0.432.